The maximum atomic E-state index is 12.5. The summed E-state index contributed by atoms with van der Waals surface area (Å²) in [5.74, 6) is 0.819. The van der Waals surface area contributed by atoms with Gasteiger partial charge in [0.1, 0.15) is 5.82 Å². The highest BCUT2D eigenvalue weighted by Gasteiger charge is 2.43. The van der Waals surface area contributed by atoms with Crippen LogP contribution < -0.4 is 5.32 Å². The van der Waals surface area contributed by atoms with Crippen molar-refractivity contribution in [2.45, 2.75) is 51.6 Å². The highest BCUT2D eigenvalue weighted by molar-refractivity contribution is 5.88. The van der Waals surface area contributed by atoms with Crippen molar-refractivity contribution in [1.82, 2.24) is 9.88 Å². The molecule has 0 spiro atoms. The molecule has 2 heterocycles. The lowest BCUT2D eigenvalue weighted by molar-refractivity contribution is -0.0863. The molecule has 1 aliphatic heterocycles. The molecule has 2 atom stereocenters. The lowest BCUT2D eigenvalue weighted by atomic mass is 9.71. The third-order valence-corrected chi connectivity index (χ3v) is 5.05. The lowest BCUT2D eigenvalue weighted by Gasteiger charge is -2.47. The Morgan fingerprint density at radius 1 is 1.36 bits per heavy atom. The highest BCUT2D eigenvalue weighted by atomic mass is 16.3. The van der Waals surface area contributed by atoms with E-state index in [1.54, 1.807) is 0 Å². The summed E-state index contributed by atoms with van der Waals surface area (Å²) in [7, 11) is 0. The van der Waals surface area contributed by atoms with Gasteiger partial charge in [0.25, 0.3) is 0 Å². The van der Waals surface area contributed by atoms with Gasteiger partial charge in [0.15, 0.2) is 0 Å². The molecule has 22 heavy (non-hydrogen) atoms. The molecule has 1 aliphatic carbocycles. The first-order chi connectivity index (χ1) is 10.5. The molecule has 120 valence electrons. The molecule has 2 aliphatic rings. The first kappa shape index (κ1) is 15.3. The number of aromatic nitrogens is 1. The summed E-state index contributed by atoms with van der Waals surface area (Å²) in [6.07, 6.45) is 4.84. The zero-order chi connectivity index (χ0) is 15.7. The molecule has 3 rings (SSSR count). The largest absolute Gasteiger partial charge is 0.389 e. The predicted octanol–water partition coefficient (Wildman–Crippen LogP) is 2.86. The van der Waals surface area contributed by atoms with Gasteiger partial charge in [-0.3, -0.25) is 5.32 Å². The number of aryl methyl sites for hydroxylation is 2. The number of aliphatic hydroxyl groups is 1. The number of fused-ring (bicyclic) bond motifs is 1. The Labute approximate surface area is 131 Å². The Bertz CT molecular complexity index is 555. The number of piperidine rings is 1. The van der Waals surface area contributed by atoms with Crippen LogP contribution in [0.1, 0.15) is 43.4 Å². The van der Waals surface area contributed by atoms with Crippen LogP contribution in [0.25, 0.3) is 0 Å². The van der Waals surface area contributed by atoms with Gasteiger partial charge in [-0.25, -0.2) is 9.78 Å². The molecular formula is C17H25N3O2. The van der Waals surface area contributed by atoms with Crippen LogP contribution in [0.15, 0.2) is 12.1 Å². The van der Waals surface area contributed by atoms with Crippen LogP contribution in [0.2, 0.25) is 0 Å². The van der Waals surface area contributed by atoms with Crippen LogP contribution in [-0.4, -0.2) is 39.7 Å². The molecular weight excluding hydrogens is 278 g/mol. The van der Waals surface area contributed by atoms with Gasteiger partial charge in [-0.05, 0) is 50.8 Å². The lowest BCUT2D eigenvalue weighted by Crippen LogP contribution is -2.55. The molecule has 1 aromatic rings. The fourth-order valence-electron chi connectivity index (χ4n) is 3.85. The predicted molar refractivity (Wildman–Crippen MR) is 85.8 cm³/mol. The van der Waals surface area contributed by atoms with Crippen molar-refractivity contribution in [3.05, 3.63) is 23.4 Å². The van der Waals surface area contributed by atoms with Crippen LogP contribution >= 0.6 is 0 Å². The molecule has 0 unspecified atom stereocenters. The Hall–Kier alpha value is -1.62. The number of nitrogens with one attached hydrogen (secondary N) is 1. The maximum absolute atomic E-state index is 12.5. The molecule has 0 radical (unpaired) electrons. The Morgan fingerprint density at radius 2 is 2.18 bits per heavy atom. The molecule has 1 saturated carbocycles. The third kappa shape index (κ3) is 3.09. The van der Waals surface area contributed by atoms with E-state index in [-0.39, 0.29) is 11.9 Å². The molecule has 2 fully saturated rings. The zero-order valence-corrected chi connectivity index (χ0v) is 13.4. The Kier molecular flexibility index (Phi) is 4.08. The molecule has 0 bridgehead atoms. The van der Waals surface area contributed by atoms with Crippen molar-refractivity contribution in [2.75, 3.05) is 18.4 Å². The topological polar surface area (TPSA) is 65.5 Å². The van der Waals surface area contributed by atoms with Crippen LogP contribution in [-0.2, 0) is 0 Å². The van der Waals surface area contributed by atoms with Crippen LogP contribution in [0.4, 0.5) is 10.6 Å². The van der Waals surface area contributed by atoms with E-state index >= 15 is 0 Å². The van der Waals surface area contributed by atoms with Crippen molar-refractivity contribution < 1.29 is 9.90 Å². The number of hydrogen-bond acceptors (Lipinski definition) is 3. The number of carbonyl (C=O) groups excluding carboxylic acids is 1. The van der Waals surface area contributed by atoms with Crippen LogP contribution in [0.5, 0.6) is 0 Å². The fourth-order valence-corrected chi connectivity index (χ4v) is 3.85. The summed E-state index contributed by atoms with van der Waals surface area (Å²) in [6, 6.07) is 3.76. The van der Waals surface area contributed by atoms with E-state index in [1.807, 2.05) is 30.9 Å². The second-order valence-corrected chi connectivity index (χ2v) is 6.84. The molecule has 5 nitrogen and oxygen atoms in total. The second-order valence-electron chi connectivity index (χ2n) is 6.84. The smallest absolute Gasteiger partial charge is 0.323 e. The monoisotopic (exact) mass is 303 g/mol. The number of urea groups is 1. The average Bonchev–Trinajstić information content (AvgIpc) is 2.45. The average molecular weight is 303 g/mol. The van der Waals surface area contributed by atoms with E-state index in [0.717, 1.165) is 36.9 Å². The van der Waals surface area contributed by atoms with Gasteiger partial charge in [0.05, 0.1) is 5.60 Å². The van der Waals surface area contributed by atoms with E-state index < -0.39 is 5.60 Å². The Balaban J connectivity index is 1.66. The maximum Gasteiger partial charge on any atom is 0.323 e. The van der Waals surface area contributed by atoms with Crippen molar-refractivity contribution in [3.8, 4) is 0 Å². The fraction of sp³-hybridized carbons (Fsp3) is 0.647. The normalized spacial score (nSPS) is 28.1. The van der Waals surface area contributed by atoms with Crippen molar-refractivity contribution in [3.63, 3.8) is 0 Å². The van der Waals surface area contributed by atoms with Gasteiger partial charge in [-0.1, -0.05) is 12.8 Å². The number of anilines is 1. The SMILES string of the molecule is Cc1cc(C)nc(NC(=O)N2CC[C@@]3(O)CCCC[C@H]3C2)c1. The summed E-state index contributed by atoms with van der Waals surface area (Å²) < 4.78 is 0. The second kappa shape index (κ2) is 5.88. The van der Waals surface area contributed by atoms with Crippen molar-refractivity contribution >= 4 is 11.8 Å². The van der Waals surface area contributed by atoms with Crippen molar-refractivity contribution in [1.29, 1.82) is 0 Å². The summed E-state index contributed by atoms with van der Waals surface area (Å²) in [5.41, 5.74) is 1.44. The van der Waals surface area contributed by atoms with Crippen molar-refractivity contribution in [2.24, 2.45) is 5.92 Å². The van der Waals surface area contributed by atoms with E-state index in [4.69, 9.17) is 0 Å². The van der Waals surface area contributed by atoms with Gasteiger partial charge < -0.3 is 10.0 Å². The summed E-state index contributed by atoms with van der Waals surface area (Å²) in [5, 5.41) is 13.6. The van der Waals surface area contributed by atoms with Gasteiger partial charge in [-0.15, -0.1) is 0 Å². The number of amides is 2. The Morgan fingerprint density at radius 3 is 2.95 bits per heavy atom. The van der Waals surface area contributed by atoms with Gasteiger partial charge in [0, 0.05) is 24.7 Å². The number of rotatable bonds is 1. The molecule has 2 N–H and O–H groups in total. The van der Waals surface area contributed by atoms with E-state index in [1.165, 1.54) is 0 Å². The minimum absolute atomic E-state index is 0.106. The number of hydrogen-bond donors (Lipinski definition) is 2. The van der Waals surface area contributed by atoms with E-state index in [9.17, 15) is 9.90 Å². The minimum atomic E-state index is -0.548. The third-order valence-electron chi connectivity index (χ3n) is 5.05. The first-order valence-corrected chi connectivity index (χ1v) is 8.20. The number of likely N-dealkylation sites (tertiary alicyclic amines) is 1. The van der Waals surface area contributed by atoms with Crippen LogP contribution in [0, 0.1) is 19.8 Å². The van der Waals surface area contributed by atoms with E-state index in [2.05, 4.69) is 10.3 Å². The number of nitrogens with zero attached hydrogens (tertiary/aromatic N) is 2. The first-order valence-electron chi connectivity index (χ1n) is 8.20. The molecule has 1 saturated heterocycles. The number of carbonyl (C=O) groups is 1. The van der Waals surface area contributed by atoms with Gasteiger partial charge in [0.2, 0.25) is 0 Å². The molecule has 1 aromatic heterocycles. The summed E-state index contributed by atoms with van der Waals surface area (Å²) in [4.78, 5) is 18.6. The quantitative estimate of drug-likeness (QED) is 0.838. The standard InChI is InChI=1S/C17H25N3O2/c1-12-9-13(2)18-15(10-12)19-16(21)20-8-7-17(22)6-4-3-5-14(17)11-20/h9-10,14,22H,3-8,11H2,1-2H3,(H,18,19,21)/t14-,17-/m0/s1. The minimum Gasteiger partial charge on any atom is -0.389 e. The number of pyridine rings is 1. The van der Waals surface area contributed by atoms with Gasteiger partial charge in [-0.2, -0.15) is 0 Å². The van der Waals surface area contributed by atoms with E-state index in [0.29, 0.717) is 25.3 Å². The zero-order valence-electron chi connectivity index (χ0n) is 13.4. The summed E-state index contributed by atoms with van der Waals surface area (Å²) in [6.45, 7) is 5.18. The van der Waals surface area contributed by atoms with Gasteiger partial charge >= 0.3 is 6.03 Å². The molecule has 5 heteroatoms. The molecule has 0 aromatic carbocycles. The van der Waals surface area contributed by atoms with Crippen LogP contribution in [0.3, 0.4) is 0 Å². The highest BCUT2D eigenvalue weighted by Crippen LogP contribution is 2.39. The summed E-state index contributed by atoms with van der Waals surface area (Å²) >= 11 is 0. The molecule has 2 amide bonds.